The Hall–Kier alpha value is -2.34. The van der Waals surface area contributed by atoms with E-state index >= 15 is 0 Å². The van der Waals surface area contributed by atoms with Gasteiger partial charge in [0.25, 0.3) is 5.91 Å². The number of hydrogen-bond donors (Lipinski definition) is 2. The van der Waals surface area contributed by atoms with E-state index in [9.17, 15) is 4.79 Å². The van der Waals surface area contributed by atoms with Gasteiger partial charge >= 0.3 is 0 Å². The average Bonchev–Trinajstić information content (AvgIpc) is 3.06. The number of ether oxygens (including phenoxy) is 1. The van der Waals surface area contributed by atoms with Crippen LogP contribution in [0.1, 0.15) is 10.6 Å². The van der Waals surface area contributed by atoms with Crippen molar-refractivity contribution in [2.24, 2.45) is 0 Å². The fourth-order valence-electron chi connectivity index (χ4n) is 2.35. The summed E-state index contributed by atoms with van der Waals surface area (Å²) in [5.41, 5.74) is 7.06. The van der Waals surface area contributed by atoms with E-state index in [0.29, 0.717) is 38.5 Å². The molecule has 1 aromatic heterocycles. The van der Waals surface area contributed by atoms with Gasteiger partial charge in [0.15, 0.2) is 5.76 Å². The third-order valence-electron chi connectivity index (χ3n) is 3.56. The fourth-order valence-corrected chi connectivity index (χ4v) is 3.12. The van der Waals surface area contributed by atoms with Gasteiger partial charge in [0.05, 0.1) is 17.2 Å². The molecular weight excluding hydrogens is 399 g/mol. The first-order chi connectivity index (χ1) is 12.4. The van der Waals surface area contributed by atoms with E-state index in [1.807, 2.05) is 0 Å². The molecule has 0 aliphatic carbocycles. The van der Waals surface area contributed by atoms with Crippen LogP contribution in [-0.4, -0.2) is 13.0 Å². The van der Waals surface area contributed by atoms with Crippen molar-refractivity contribution in [3.05, 3.63) is 63.3 Å². The third kappa shape index (κ3) is 3.75. The Morgan fingerprint density at radius 2 is 1.85 bits per heavy atom. The van der Waals surface area contributed by atoms with E-state index in [-0.39, 0.29) is 10.8 Å². The summed E-state index contributed by atoms with van der Waals surface area (Å²) in [6.45, 7) is 0. The quantitative estimate of drug-likeness (QED) is 0.536. The van der Waals surface area contributed by atoms with E-state index in [1.165, 1.54) is 19.2 Å². The lowest BCUT2D eigenvalue weighted by Gasteiger charge is -2.12. The number of halogens is 3. The second kappa shape index (κ2) is 7.50. The summed E-state index contributed by atoms with van der Waals surface area (Å²) in [6, 6.07) is 11.2. The molecule has 26 heavy (non-hydrogen) atoms. The van der Waals surface area contributed by atoms with Gasteiger partial charge in [-0.1, -0.05) is 34.8 Å². The van der Waals surface area contributed by atoms with Crippen LogP contribution in [-0.2, 0) is 0 Å². The zero-order valence-corrected chi connectivity index (χ0v) is 15.7. The molecule has 1 heterocycles. The van der Waals surface area contributed by atoms with Crippen LogP contribution >= 0.6 is 34.8 Å². The number of hydrogen-bond acceptors (Lipinski definition) is 4. The average molecular weight is 412 g/mol. The Kier molecular flexibility index (Phi) is 5.32. The summed E-state index contributed by atoms with van der Waals surface area (Å²) in [6.07, 6.45) is 0. The first kappa shape index (κ1) is 18.5. The molecule has 134 valence electrons. The minimum atomic E-state index is -0.494. The predicted octanol–water partition coefficient (Wildman–Crippen LogP) is 5.75. The molecule has 1 amide bonds. The molecular formula is C18H13Cl3N2O3. The smallest absolute Gasteiger partial charge is 0.291 e. The normalized spacial score (nSPS) is 10.6. The molecule has 0 saturated heterocycles. The van der Waals surface area contributed by atoms with Gasteiger partial charge in [0, 0.05) is 22.3 Å². The molecule has 0 aliphatic heterocycles. The van der Waals surface area contributed by atoms with Crippen molar-refractivity contribution in [3.8, 4) is 17.1 Å². The number of methoxy groups -OCH3 is 1. The van der Waals surface area contributed by atoms with Crippen LogP contribution < -0.4 is 15.8 Å². The van der Waals surface area contributed by atoms with Gasteiger partial charge in [0.2, 0.25) is 0 Å². The fraction of sp³-hybridized carbons (Fsp3) is 0.0556. The van der Waals surface area contributed by atoms with Crippen LogP contribution in [0.15, 0.2) is 46.9 Å². The molecule has 0 saturated carbocycles. The minimum absolute atomic E-state index is 0.0842. The number of rotatable bonds is 4. The number of anilines is 2. The molecule has 5 nitrogen and oxygen atoms in total. The van der Waals surface area contributed by atoms with Crippen LogP contribution in [0.2, 0.25) is 15.1 Å². The zero-order chi connectivity index (χ0) is 18.8. The molecule has 2 aromatic carbocycles. The highest BCUT2D eigenvalue weighted by Crippen LogP contribution is 2.36. The topological polar surface area (TPSA) is 77.5 Å². The van der Waals surface area contributed by atoms with Crippen molar-refractivity contribution < 1.29 is 13.9 Å². The third-order valence-corrected chi connectivity index (χ3v) is 4.41. The second-order valence-electron chi connectivity index (χ2n) is 5.32. The lowest BCUT2D eigenvalue weighted by atomic mass is 10.2. The number of nitrogens with one attached hydrogen (secondary N) is 1. The van der Waals surface area contributed by atoms with Crippen molar-refractivity contribution >= 4 is 52.1 Å². The number of furan rings is 1. The van der Waals surface area contributed by atoms with Gasteiger partial charge in [-0.05, 0) is 36.4 Å². The summed E-state index contributed by atoms with van der Waals surface area (Å²) in [7, 11) is 1.45. The van der Waals surface area contributed by atoms with Crippen LogP contribution in [0.5, 0.6) is 5.75 Å². The molecule has 3 N–H and O–H groups in total. The number of nitrogen functional groups attached to an aromatic ring is 1. The van der Waals surface area contributed by atoms with Crippen molar-refractivity contribution in [2.75, 3.05) is 18.2 Å². The molecule has 8 heteroatoms. The minimum Gasteiger partial charge on any atom is -0.494 e. The molecule has 3 rings (SSSR count). The van der Waals surface area contributed by atoms with Gasteiger partial charge in [-0.25, -0.2) is 0 Å². The molecule has 3 aromatic rings. The summed E-state index contributed by atoms with van der Waals surface area (Å²) in [5, 5.41) is 3.84. The Morgan fingerprint density at radius 1 is 1.08 bits per heavy atom. The standard InChI is InChI=1S/C18H13Cl3N2O3/c1-25-16-8-10(22)7-13(21)17(16)23-18(24)15-5-4-14(26-15)11-3-2-9(19)6-12(11)20/h2-8H,22H2,1H3,(H,23,24). The Balaban J connectivity index is 1.88. The lowest BCUT2D eigenvalue weighted by molar-refractivity contribution is 0.0997. The molecule has 0 unspecified atom stereocenters. The molecule has 0 aliphatic rings. The van der Waals surface area contributed by atoms with Crippen molar-refractivity contribution in [1.29, 1.82) is 0 Å². The van der Waals surface area contributed by atoms with Crippen LogP contribution in [0.3, 0.4) is 0 Å². The number of carbonyl (C=O) groups is 1. The van der Waals surface area contributed by atoms with Gasteiger partial charge in [-0.3, -0.25) is 4.79 Å². The largest absolute Gasteiger partial charge is 0.494 e. The summed E-state index contributed by atoms with van der Waals surface area (Å²) < 4.78 is 10.8. The number of amides is 1. The van der Waals surface area contributed by atoms with Gasteiger partial charge in [-0.2, -0.15) is 0 Å². The first-order valence-corrected chi connectivity index (χ1v) is 8.52. The van der Waals surface area contributed by atoms with Gasteiger partial charge in [0.1, 0.15) is 17.2 Å². The number of nitrogens with two attached hydrogens (primary N) is 1. The highest BCUT2D eigenvalue weighted by Gasteiger charge is 2.18. The number of carbonyl (C=O) groups excluding carboxylic acids is 1. The highest BCUT2D eigenvalue weighted by molar-refractivity contribution is 6.36. The number of benzene rings is 2. The van der Waals surface area contributed by atoms with E-state index < -0.39 is 5.91 Å². The van der Waals surface area contributed by atoms with Crippen molar-refractivity contribution in [2.45, 2.75) is 0 Å². The Morgan fingerprint density at radius 3 is 2.54 bits per heavy atom. The van der Waals surface area contributed by atoms with E-state index in [4.69, 9.17) is 49.7 Å². The van der Waals surface area contributed by atoms with E-state index in [0.717, 1.165) is 0 Å². The molecule has 0 spiro atoms. The van der Waals surface area contributed by atoms with E-state index in [2.05, 4.69) is 5.32 Å². The first-order valence-electron chi connectivity index (χ1n) is 7.38. The van der Waals surface area contributed by atoms with Crippen LogP contribution in [0.4, 0.5) is 11.4 Å². The maximum absolute atomic E-state index is 12.5. The van der Waals surface area contributed by atoms with Gasteiger partial charge < -0.3 is 20.2 Å². The maximum Gasteiger partial charge on any atom is 0.291 e. The maximum atomic E-state index is 12.5. The van der Waals surface area contributed by atoms with Crippen LogP contribution in [0.25, 0.3) is 11.3 Å². The lowest BCUT2D eigenvalue weighted by Crippen LogP contribution is -2.12. The van der Waals surface area contributed by atoms with Gasteiger partial charge in [-0.15, -0.1) is 0 Å². The van der Waals surface area contributed by atoms with E-state index in [1.54, 1.807) is 30.3 Å². The van der Waals surface area contributed by atoms with Crippen molar-refractivity contribution in [3.63, 3.8) is 0 Å². The summed E-state index contributed by atoms with van der Waals surface area (Å²) in [5.74, 6) is 0.371. The molecule has 0 atom stereocenters. The summed E-state index contributed by atoms with van der Waals surface area (Å²) in [4.78, 5) is 12.5. The van der Waals surface area contributed by atoms with Crippen molar-refractivity contribution in [1.82, 2.24) is 0 Å². The molecule has 0 fully saturated rings. The Labute approximate surface area is 164 Å². The van der Waals surface area contributed by atoms with Crippen LogP contribution in [0, 0.1) is 0 Å². The monoisotopic (exact) mass is 410 g/mol. The summed E-state index contributed by atoms with van der Waals surface area (Å²) >= 11 is 18.2. The zero-order valence-electron chi connectivity index (χ0n) is 13.5. The molecule has 0 bridgehead atoms. The predicted molar refractivity (Wildman–Crippen MR) is 105 cm³/mol. The molecule has 0 radical (unpaired) electrons. The second-order valence-corrected chi connectivity index (χ2v) is 6.57. The highest BCUT2D eigenvalue weighted by atomic mass is 35.5. The Bertz CT molecular complexity index is 986. The SMILES string of the molecule is COc1cc(N)cc(Cl)c1NC(=O)c1ccc(-c2ccc(Cl)cc2Cl)o1.